The molecular weight excluding hydrogens is 282 g/mol. The van der Waals surface area contributed by atoms with E-state index in [2.05, 4.69) is 29.8 Å². The van der Waals surface area contributed by atoms with E-state index < -0.39 is 0 Å². The predicted molar refractivity (Wildman–Crippen MR) is 70.1 cm³/mol. The molecule has 1 aliphatic heterocycles. The van der Waals surface area contributed by atoms with E-state index in [0.29, 0.717) is 10.0 Å². The third kappa shape index (κ3) is 2.63. The van der Waals surface area contributed by atoms with Gasteiger partial charge < -0.3 is 10.0 Å². The average molecular weight is 298 g/mol. The molecule has 0 radical (unpaired) electrons. The highest BCUT2D eigenvalue weighted by Crippen LogP contribution is 2.31. The topological polar surface area (TPSA) is 40.5 Å². The van der Waals surface area contributed by atoms with Crippen molar-refractivity contribution in [2.75, 3.05) is 13.1 Å². The number of rotatable bonds is 1. The van der Waals surface area contributed by atoms with E-state index in [1.54, 1.807) is 12.1 Å². The van der Waals surface area contributed by atoms with Crippen LogP contribution in [0.25, 0.3) is 0 Å². The molecule has 4 heteroatoms. The van der Waals surface area contributed by atoms with E-state index in [9.17, 15) is 9.90 Å². The van der Waals surface area contributed by atoms with Crippen LogP contribution in [0.4, 0.5) is 0 Å². The molecule has 1 heterocycles. The first-order chi connectivity index (χ1) is 7.89. The molecule has 17 heavy (non-hydrogen) atoms. The second-order valence-corrected chi connectivity index (χ2v) is 6.16. The van der Waals surface area contributed by atoms with Crippen LogP contribution in [0.1, 0.15) is 30.6 Å². The zero-order valence-electron chi connectivity index (χ0n) is 10.0. The Bertz CT molecular complexity index is 457. The summed E-state index contributed by atoms with van der Waals surface area (Å²) in [6.07, 6.45) is 1.03. The van der Waals surface area contributed by atoms with Crippen LogP contribution in [0.5, 0.6) is 5.75 Å². The summed E-state index contributed by atoms with van der Waals surface area (Å²) < 4.78 is 0.607. The minimum Gasteiger partial charge on any atom is -0.507 e. The monoisotopic (exact) mass is 297 g/mol. The summed E-state index contributed by atoms with van der Waals surface area (Å²) in [6, 6.07) is 4.94. The normalized spacial score (nSPS) is 18.4. The number of halogens is 1. The van der Waals surface area contributed by atoms with Crippen molar-refractivity contribution in [1.82, 2.24) is 4.90 Å². The molecule has 0 aromatic heterocycles. The molecule has 0 aliphatic carbocycles. The number of aromatic hydroxyl groups is 1. The van der Waals surface area contributed by atoms with Crippen LogP contribution >= 0.6 is 15.9 Å². The third-order valence-corrected chi connectivity index (χ3v) is 3.83. The number of likely N-dealkylation sites (tertiary alicyclic amines) is 1. The largest absolute Gasteiger partial charge is 0.507 e. The van der Waals surface area contributed by atoms with Gasteiger partial charge in [0.1, 0.15) is 5.75 Å². The number of carbonyl (C=O) groups is 1. The molecule has 0 unspecified atom stereocenters. The fourth-order valence-electron chi connectivity index (χ4n) is 2.11. The Morgan fingerprint density at radius 2 is 2.18 bits per heavy atom. The molecule has 0 saturated carbocycles. The first-order valence-electron chi connectivity index (χ1n) is 5.67. The van der Waals surface area contributed by atoms with Crippen molar-refractivity contribution in [3.63, 3.8) is 0 Å². The molecule has 1 fully saturated rings. The van der Waals surface area contributed by atoms with Crippen molar-refractivity contribution >= 4 is 21.8 Å². The van der Waals surface area contributed by atoms with Gasteiger partial charge in [-0.3, -0.25) is 4.79 Å². The average Bonchev–Trinajstić information content (AvgIpc) is 2.62. The maximum absolute atomic E-state index is 12.2. The third-order valence-electron chi connectivity index (χ3n) is 3.16. The number of benzene rings is 1. The van der Waals surface area contributed by atoms with Gasteiger partial charge >= 0.3 is 0 Å². The number of phenolic OH excluding ortho intramolecular Hbond substituents is 1. The summed E-state index contributed by atoms with van der Waals surface area (Å²) in [5.41, 5.74) is 0.746. The molecule has 92 valence electrons. The molecule has 1 amide bonds. The summed E-state index contributed by atoms with van der Waals surface area (Å²) in [5, 5.41) is 9.58. The molecule has 1 aliphatic rings. The van der Waals surface area contributed by atoms with Crippen molar-refractivity contribution in [3.05, 3.63) is 28.2 Å². The molecule has 1 saturated heterocycles. The van der Waals surface area contributed by atoms with Crippen LogP contribution in [-0.2, 0) is 0 Å². The van der Waals surface area contributed by atoms with Crippen LogP contribution in [-0.4, -0.2) is 29.0 Å². The van der Waals surface area contributed by atoms with Gasteiger partial charge in [-0.1, -0.05) is 13.8 Å². The lowest BCUT2D eigenvalue weighted by molar-refractivity contribution is 0.0778. The Morgan fingerprint density at radius 3 is 2.71 bits per heavy atom. The highest BCUT2D eigenvalue weighted by molar-refractivity contribution is 9.10. The standard InChI is InChI=1S/C13H16BrNO2/c1-13(2)5-6-15(8-13)12(17)9-3-4-10(14)11(16)7-9/h3-4,7,16H,5-6,8H2,1-2H3. The number of hydrogen-bond acceptors (Lipinski definition) is 2. The first-order valence-corrected chi connectivity index (χ1v) is 6.46. The summed E-state index contributed by atoms with van der Waals surface area (Å²) >= 11 is 3.21. The van der Waals surface area contributed by atoms with Crippen molar-refractivity contribution in [3.8, 4) is 5.75 Å². The Labute approximate surface area is 110 Å². The number of hydrogen-bond donors (Lipinski definition) is 1. The summed E-state index contributed by atoms with van der Waals surface area (Å²) in [4.78, 5) is 14.0. The Hall–Kier alpha value is -1.03. The van der Waals surface area contributed by atoms with E-state index in [4.69, 9.17) is 0 Å². The predicted octanol–water partition coefficient (Wildman–Crippen LogP) is 3.03. The molecule has 2 rings (SSSR count). The van der Waals surface area contributed by atoms with E-state index in [1.807, 2.05) is 4.90 Å². The highest BCUT2D eigenvalue weighted by Gasteiger charge is 2.32. The molecule has 1 aromatic carbocycles. The van der Waals surface area contributed by atoms with Crippen molar-refractivity contribution in [2.45, 2.75) is 20.3 Å². The fraction of sp³-hybridized carbons (Fsp3) is 0.462. The Balaban J connectivity index is 2.18. The lowest BCUT2D eigenvalue weighted by Gasteiger charge is -2.20. The van der Waals surface area contributed by atoms with Crippen molar-refractivity contribution in [1.29, 1.82) is 0 Å². The van der Waals surface area contributed by atoms with Gasteiger partial charge in [0.05, 0.1) is 4.47 Å². The molecule has 0 bridgehead atoms. The number of amides is 1. The van der Waals surface area contributed by atoms with Gasteiger partial charge in [0.2, 0.25) is 0 Å². The quantitative estimate of drug-likeness (QED) is 0.865. The van der Waals surface area contributed by atoms with Crippen LogP contribution in [0.3, 0.4) is 0 Å². The minimum atomic E-state index is -0.00150. The number of carbonyl (C=O) groups excluding carboxylic acids is 1. The second-order valence-electron chi connectivity index (χ2n) is 5.31. The van der Waals surface area contributed by atoms with E-state index in [1.165, 1.54) is 6.07 Å². The van der Waals surface area contributed by atoms with E-state index >= 15 is 0 Å². The minimum absolute atomic E-state index is 0.00150. The Kier molecular flexibility index (Phi) is 3.17. The van der Waals surface area contributed by atoms with Crippen molar-refractivity contribution < 1.29 is 9.90 Å². The summed E-state index contributed by atoms with van der Waals surface area (Å²) in [7, 11) is 0. The van der Waals surface area contributed by atoms with Gasteiger partial charge in [-0.05, 0) is 46.0 Å². The smallest absolute Gasteiger partial charge is 0.254 e. The van der Waals surface area contributed by atoms with Crippen molar-refractivity contribution in [2.24, 2.45) is 5.41 Å². The number of nitrogens with zero attached hydrogens (tertiary/aromatic N) is 1. The van der Waals surface area contributed by atoms with Crippen LogP contribution in [0.2, 0.25) is 0 Å². The lowest BCUT2D eigenvalue weighted by Crippen LogP contribution is -2.30. The molecule has 0 spiro atoms. The SMILES string of the molecule is CC1(C)CCN(C(=O)c2ccc(Br)c(O)c2)C1. The van der Waals surface area contributed by atoms with Gasteiger partial charge in [0.25, 0.3) is 5.91 Å². The van der Waals surface area contributed by atoms with E-state index in [-0.39, 0.29) is 17.1 Å². The maximum atomic E-state index is 12.2. The summed E-state index contributed by atoms with van der Waals surface area (Å²) in [6.45, 7) is 5.91. The molecule has 0 atom stereocenters. The van der Waals surface area contributed by atoms with Crippen LogP contribution in [0, 0.1) is 5.41 Å². The van der Waals surface area contributed by atoms with Crippen LogP contribution < -0.4 is 0 Å². The Morgan fingerprint density at radius 1 is 1.47 bits per heavy atom. The second kappa shape index (κ2) is 4.33. The number of phenols is 1. The lowest BCUT2D eigenvalue weighted by atomic mass is 9.93. The van der Waals surface area contributed by atoms with Gasteiger partial charge in [-0.2, -0.15) is 0 Å². The highest BCUT2D eigenvalue weighted by atomic mass is 79.9. The van der Waals surface area contributed by atoms with Gasteiger partial charge in [0, 0.05) is 18.7 Å². The van der Waals surface area contributed by atoms with E-state index in [0.717, 1.165) is 19.5 Å². The zero-order valence-corrected chi connectivity index (χ0v) is 11.6. The van der Waals surface area contributed by atoms with Gasteiger partial charge in [-0.15, -0.1) is 0 Å². The maximum Gasteiger partial charge on any atom is 0.254 e. The molecule has 3 nitrogen and oxygen atoms in total. The zero-order chi connectivity index (χ0) is 12.6. The first kappa shape index (κ1) is 12.4. The molecule has 1 aromatic rings. The summed E-state index contributed by atoms with van der Waals surface area (Å²) in [5.74, 6) is 0.104. The fourth-order valence-corrected chi connectivity index (χ4v) is 2.36. The van der Waals surface area contributed by atoms with Gasteiger partial charge in [0.15, 0.2) is 0 Å². The molecule has 1 N–H and O–H groups in total. The molecular formula is C13H16BrNO2. The van der Waals surface area contributed by atoms with Gasteiger partial charge in [-0.25, -0.2) is 0 Å². The van der Waals surface area contributed by atoms with Crippen LogP contribution in [0.15, 0.2) is 22.7 Å².